The monoisotopic (exact) mass is 553 g/mol. The Kier molecular flexibility index (Phi) is 6.70. The molecule has 0 saturated carbocycles. The van der Waals surface area contributed by atoms with E-state index in [0.717, 1.165) is 0 Å². The van der Waals surface area contributed by atoms with Gasteiger partial charge in [0.25, 0.3) is 11.8 Å². The zero-order valence-electron chi connectivity index (χ0n) is 18.8. The molecular formula is C23H16F9N3O3. The highest BCUT2D eigenvalue weighted by Gasteiger charge is 2.59. The molecule has 0 spiro atoms. The maximum absolute atomic E-state index is 14.3. The third-order valence-corrected chi connectivity index (χ3v) is 6.22. The Bertz CT molecular complexity index is 1250. The number of benzene rings is 2. The Labute approximate surface area is 207 Å². The molecule has 2 unspecified atom stereocenters. The van der Waals surface area contributed by atoms with Crippen LogP contribution in [-0.4, -0.2) is 42.9 Å². The molecule has 2 heterocycles. The fourth-order valence-corrected chi connectivity index (χ4v) is 4.11. The average molecular weight is 553 g/mol. The number of nitrogens with zero attached hydrogens (tertiary/aromatic N) is 1. The summed E-state index contributed by atoms with van der Waals surface area (Å²) in [6.07, 6.45) is -16.9. The van der Waals surface area contributed by atoms with Crippen molar-refractivity contribution >= 4 is 17.5 Å². The zero-order valence-corrected chi connectivity index (χ0v) is 18.8. The molecule has 2 aromatic carbocycles. The van der Waals surface area contributed by atoms with E-state index in [0.29, 0.717) is 0 Å². The molecule has 0 aromatic heterocycles. The number of hydrogen-bond acceptors (Lipinski definition) is 4. The summed E-state index contributed by atoms with van der Waals surface area (Å²) in [6.45, 7) is -1.26. The summed E-state index contributed by atoms with van der Waals surface area (Å²) in [5.41, 5.74) is -6.15. The van der Waals surface area contributed by atoms with Crippen LogP contribution in [0.15, 0.2) is 47.5 Å². The first-order valence-corrected chi connectivity index (χ1v) is 10.7. The van der Waals surface area contributed by atoms with Crippen LogP contribution in [0.4, 0.5) is 39.5 Å². The number of carbonyl (C=O) groups excluding carboxylic acids is 2. The first-order chi connectivity index (χ1) is 17.5. The van der Waals surface area contributed by atoms with Gasteiger partial charge in [0.15, 0.2) is 0 Å². The van der Waals surface area contributed by atoms with Crippen molar-refractivity contribution in [3.8, 4) is 0 Å². The van der Waals surface area contributed by atoms with Crippen molar-refractivity contribution in [1.29, 1.82) is 0 Å². The van der Waals surface area contributed by atoms with Crippen molar-refractivity contribution in [3.63, 3.8) is 0 Å². The molecule has 2 aliphatic rings. The molecule has 204 valence electrons. The lowest BCUT2D eigenvalue weighted by atomic mass is 9.75. The van der Waals surface area contributed by atoms with Crippen LogP contribution >= 0.6 is 0 Å². The highest BCUT2D eigenvalue weighted by molar-refractivity contribution is 6.04. The van der Waals surface area contributed by atoms with Gasteiger partial charge >= 0.3 is 18.5 Å². The van der Waals surface area contributed by atoms with E-state index in [2.05, 4.69) is 15.1 Å². The standard InChI is InChI=1S/C23H16F9N3O3/c24-21(25,26)14-5-13(6-15(7-14)22(27,28)29)20(23(30,31)32)8-16(33-10-20)11-1-3-12(4-2-11)18(36)34-17-9-38-35-19(17)37/h1-7,17H,8-10H2,(H,34,36)(H,35,37). The van der Waals surface area contributed by atoms with Crippen LogP contribution < -0.4 is 10.8 Å². The molecule has 0 radical (unpaired) electrons. The van der Waals surface area contributed by atoms with Gasteiger partial charge in [-0.2, -0.15) is 39.5 Å². The number of hydrogen-bond donors (Lipinski definition) is 2. The third kappa shape index (κ3) is 5.19. The Morgan fingerprint density at radius 1 is 0.947 bits per heavy atom. The summed E-state index contributed by atoms with van der Waals surface area (Å²) in [7, 11) is 0. The van der Waals surface area contributed by atoms with Gasteiger partial charge in [-0.1, -0.05) is 12.1 Å². The van der Waals surface area contributed by atoms with Gasteiger partial charge in [-0.25, -0.2) is 5.48 Å². The predicted molar refractivity (Wildman–Crippen MR) is 112 cm³/mol. The quantitative estimate of drug-likeness (QED) is 0.545. The summed E-state index contributed by atoms with van der Waals surface area (Å²) >= 11 is 0. The van der Waals surface area contributed by atoms with Gasteiger partial charge in [0.05, 0.1) is 17.7 Å². The van der Waals surface area contributed by atoms with Gasteiger partial charge in [-0.3, -0.25) is 19.4 Å². The van der Waals surface area contributed by atoms with Gasteiger partial charge in [0, 0.05) is 17.7 Å². The van der Waals surface area contributed by atoms with E-state index in [1.54, 1.807) is 0 Å². The Morgan fingerprint density at radius 2 is 1.53 bits per heavy atom. The second-order valence-electron chi connectivity index (χ2n) is 8.69. The molecule has 4 rings (SSSR count). The minimum Gasteiger partial charge on any atom is -0.338 e. The van der Waals surface area contributed by atoms with Crippen LogP contribution in [0.1, 0.15) is 39.0 Å². The molecule has 2 aliphatic heterocycles. The zero-order chi connectivity index (χ0) is 28.1. The number of alkyl halides is 9. The van der Waals surface area contributed by atoms with Crippen LogP contribution in [-0.2, 0) is 27.4 Å². The minimum absolute atomic E-state index is 0.0295. The second kappa shape index (κ2) is 9.29. The molecule has 0 bridgehead atoms. The van der Waals surface area contributed by atoms with Gasteiger partial charge in [-0.15, -0.1) is 0 Å². The number of halogens is 9. The highest BCUT2D eigenvalue weighted by Crippen LogP contribution is 2.50. The summed E-state index contributed by atoms with van der Waals surface area (Å²) in [6, 6.07) is 3.85. The predicted octanol–water partition coefficient (Wildman–Crippen LogP) is 4.58. The summed E-state index contributed by atoms with van der Waals surface area (Å²) in [5.74, 6) is -1.27. The fourth-order valence-electron chi connectivity index (χ4n) is 4.11. The number of rotatable bonds is 4. The molecule has 0 aliphatic carbocycles. The maximum Gasteiger partial charge on any atom is 0.416 e. The van der Waals surface area contributed by atoms with Gasteiger partial charge in [0.1, 0.15) is 18.1 Å². The van der Waals surface area contributed by atoms with E-state index in [-0.39, 0.29) is 41.6 Å². The average Bonchev–Trinajstić information content (AvgIpc) is 3.45. The van der Waals surface area contributed by atoms with E-state index in [4.69, 9.17) is 0 Å². The molecule has 15 heteroatoms. The van der Waals surface area contributed by atoms with Crippen LogP contribution in [0.25, 0.3) is 0 Å². The normalized spacial score (nSPS) is 22.3. The number of hydroxylamine groups is 1. The topological polar surface area (TPSA) is 79.8 Å². The molecule has 2 atom stereocenters. The maximum atomic E-state index is 14.3. The van der Waals surface area contributed by atoms with E-state index >= 15 is 0 Å². The SMILES string of the molecule is O=C(NC1CONC1=O)c1ccc(C2=NCC(c3cc(C(F)(F)F)cc(C(F)(F)F)c3)(C(F)(F)F)C2)cc1. The van der Waals surface area contributed by atoms with Crippen LogP contribution in [0.5, 0.6) is 0 Å². The van der Waals surface area contributed by atoms with Gasteiger partial charge < -0.3 is 5.32 Å². The lowest BCUT2D eigenvalue weighted by molar-refractivity contribution is -0.184. The number of aliphatic imine (C=N–C) groups is 1. The van der Waals surface area contributed by atoms with E-state index in [1.165, 1.54) is 24.3 Å². The Morgan fingerprint density at radius 3 is 2.00 bits per heavy atom. The number of amides is 2. The van der Waals surface area contributed by atoms with Crippen molar-refractivity contribution in [1.82, 2.24) is 10.8 Å². The third-order valence-electron chi connectivity index (χ3n) is 6.22. The smallest absolute Gasteiger partial charge is 0.338 e. The minimum atomic E-state index is -5.33. The first-order valence-electron chi connectivity index (χ1n) is 10.7. The van der Waals surface area contributed by atoms with Crippen LogP contribution in [0, 0.1) is 0 Å². The summed E-state index contributed by atoms with van der Waals surface area (Å²) in [4.78, 5) is 32.3. The Balaban J connectivity index is 1.64. The fraction of sp³-hybridized carbons (Fsp3) is 0.348. The highest BCUT2D eigenvalue weighted by atomic mass is 19.4. The van der Waals surface area contributed by atoms with Gasteiger partial charge in [0.2, 0.25) is 0 Å². The number of nitrogens with one attached hydrogen (secondary N) is 2. The molecule has 2 N–H and O–H groups in total. The number of carbonyl (C=O) groups is 2. The van der Waals surface area contributed by atoms with Crippen molar-refractivity contribution in [2.45, 2.75) is 36.4 Å². The van der Waals surface area contributed by atoms with Crippen molar-refractivity contribution in [2.24, 2.45) is 4.99 Å². The molecule has 38 heavy (non-hydrogen) atoms. The summed E-state index contributed by atoms with van der Waals surface area (Å²) in [5, 5.41) is 2.38. The van der Waals surface area contributed by atoms with E-state index < -0.39 is 71.5 Å². The summed E-state index contributed by atoms with van der Waals surface area (Å²) < 4.78 is 123. The van der Waals surface area contributed by atoms with Crippen molar-refractivity contribution < 1.29 is 53.9 Å². The molecule has 2 aromatic rings. The van der Waals surface area contributed by atoms with Crippen LogP contribution in [0.3, 0.4) is 0 Å². The molecule has 1 saturated heterocycles. The lowest BCUT2D eigenvalue weighted by Crippen LogP contribution is -2.44. The molecular weight excluding hydrogens is 537 g/mol. The van der Waals surface area contributed by atoms with Crippen molar-refractivity contribution in [3.05, 3.63) is 70.3 Å². The molecule has 6 nitrogen and oxygen atoms in total. The van der Waals surface area contributed by atoms with Crippen LogP contribution in [0.2, 0.25) is 0 Å². The van der Waals surface area contributed by atoms with Gasteiger partial charge in [-0.05, 0) is 41.5 Å². The second-order valence-corrected chi connectivity index (χ2v) is 8.69. The van der Waals surface area contributed by atoms with E-state index in [1.807, 2.05) is 5.48 Å². The molecule has 1 fully saturated rings. The Hall–Kier alpha value is -3.62. The first kappa shape index (κ1) is 27.4. The lowest BCUT2D eigenvalue weighted by Gasteiger charge is -2.32. The van der Waals surface area contributed by atoms with Crippen molar-refractivity contribution in [2.75, 3.05) is 13.2 Å². The van der Waals surface area contributed by atoms with E-state index in [9.17, 15) is 49.1 Å². The molecule has 2 amide bonds. The largest absolute Gasteiger partial charge is 0.416 e.